The standard InChI is InChI=1S/C21H18ClN5O3/c22-13-8-24-20-17(26-19(27-20)11-2-1-3-12(7-11)21(29)30)16(13)25-15-10-5-4-9(6-10)14(15)18(23)28/h1-5,7-10,14-15H,6H2,(H2,23,28)(H,29,30)(H2,24,25,26,27)/t9-,10+,14+,15-/m1/s1. The number of carbonyl (C=O) groups is 2. The molecule has 1 saturated carbocycles. The third kappa shape index (κ3) is 2.91. The van der Waals surface area contributed by atoms with Gasteiger partial charge >= 0.3 is 5.97 Å². The molecule has 5 N–H and O–H groups in total. The third-order valence-corrected chi connectivity index (χ3v) is 6.24. The quantitative estimate of drug-likeness (QED) is 0.466. The van der Waals surface area contributed by atoms with Crippen LogP contribution in [0.5, 0.6) is 0 Å². The van der Waals surface area contributed by atoms with E-state index in [0.717, 1.165) is 6.42 Å². The van der Waals surface area contributed by atoms with Crippen LogP contribution in [0.25, 0.3) is 22.6 Å². The molecule has 8 nitrogen and oxygen atoms in total. The summed E-state index contributed by atoms with van der Waals surface area (Å²) in [6.45, 7) is 0. The van der Waals surface area contributed by atoms with E-state index in [4.69, 9.17) is 17.3 Å². The highest BCUT2D eigenvalue weighted by atomic mass is 35.5. The van der Waals surface area contributed by atoms with Crippen LogP contribution < -0.4 is 11.1 Å². The average Bonchev–Trinajstić information content (AvgIpc) is 3.44. The molecular formula is C21H18ClN5O3. The number of benzene rings is 1. The second kappa shape index (κ2) is 6.84. The molecule has 2 heterocycles. The molecule has 1 amide bonds. The van der Waals surface area contributed by atoms with Crippen LogP contribution in [0.2, 0.25) is 5.02 Å². The average molecular weight is 424 g/mol. The van der Waals surface area contributed by atoms with Crippen LogP contribution in [0.15, 0.2) is 42.6 Å². The summed E-state index contributed by atoms with van der Waals surface area (Å²) in [7, 11) is 0. The maximum atomic E-state index is 12.1. The van der Waals surface area contributed by atoms with Crippen molar-refractivity contribution in [3.63, 3.8) is 0 Å². The fraction of sp³-hybridized carbons (Fsp3) is 0.238. The number of amides is 1. The molecule has 0 radical (unpaired) electrons. The molecule has 2 aromatic heterocycles. The molecule has 2 aliphatic rings. The highest BCUT2D eigenvalue weighted by Gasteiger charge is 2.47. The van der Waals surface area contributed by atoms with Gasteiger partial charge in [0.2, 0.25) is 5.91 Å². The van der Waals surface area contributed by atoms with Crippen LogP contribution in [-0.2, 0) is 4.79 Å². The number of allylic oxidation sites excluding steroid dienone is 1. The highest BCUT2D eigenvalue weighted by Crippen LogP contribution is 2.46. The topological polar surface area (TPSA) is 134 Å². The molecule has 2 bridgehead atoms. The summed E-state index contributed by atoms with van der Waals surface area (Å²) in [6, 6.07) is 6.32. The van der Waals surface area contributed by atoms with Crippen LogP contribution in [0.3, 0.4) is 0 Å². The number of primary amides is 1. The largest absolute Gasteiger partial charge is 0.478 e. The maximum Gasteiger partial charge on any atom is 0.335 e. The van der Waals surface area contributed by atoms with E-state index in [0.29, 0.717) is 33.3 Å². The Kier molecular flexibility index (Phi) is 4.25. The molecule has 152 valence electrons. The predicted molar refractivity (Wildman–Crippen MR) is 112 cm³/mol. The fourth-order valence-electron chi connectivity index (χ4n) is 4.58. The van der Waals surface area contributed by atoms with Gasteiger partial charge in [-0.1, -0.05) is 35.9 Å². The highest BCUT2D eigenvalue weighted by molar-refractivity contribution is 6.34. The van der Waals surface area contributed by atoms with E-state index in [9.17, 15) is 14.7 Å². The number of carboxylic acid groups (broad SMARTS) is 1. The molecule has 1 aromatic carbocycles. The number of pyridine rings is 1. The van der Waals surface area contributed by atoms with E-state index in [1.165, 1.54) is 12.3 Å². The van der Waals surface area contributed by atoms with Crippen molar-refractivity contribution in [3.8, 4) is 11.4 Å². The van der Waals surface area contributed by atoms with Crippen molar-refractivity contribution in [1.29, 1.82) is 0 Å². The number of nitrogens with zero attached hydrogens (tertiary/aromatic N) is 2. The van der Waals surface area contributed by atoms with Crippen molar-refractivity contribution in [2.45, 2.75) is 12.5 Å². The molecule has 0 aliphatic heterocycles. The predicted octanol–water partition coefficient (Wildman–Crippen LogP) is 3.06. The minimum atomic E-state index is -1.02. The van der Waals surface area contributed by atoms with E-state index in [-0.39, 0.29) is 35.3 Å². The van der Waals surface area contributed by atoms with Crippen molar-refractivity contribution < 1.29 is 14.7 Å². The van der Waals surface area contributed by atoms with Gasteiger partial charge in [0.15, 0.2) is 5.65 Å². The van der Waals surface area contributed by atoms with Gasteiger partial charge in [0, 0.05) is 11.6 Å². The molecule has 0 spiro atoms. The van der Waals surface area contributed by atoms with Gasteiger partial charge in [-0.05, 0) is 30.4 Å². The second-order valence-electron chi connectivity index (χ2n) is 7.70. The lowest BCUT2D eigenvalue weighted by atomic mass is 9.88. The van der Waals surface area contributed by atoms with E-state index in [1.54, 1.807) is 18.2 Å². The number of anilines is 1. The Morgan fingerprint density at radius 2 is 2.07 bits per heavy atom. The molecular weight excluding hydrogens is 406 g/mol. The smallest absolute Gasteiger partial charge is 0.335 e. The second-order valence-corrected chi connectivity index (χ2v) is 8.10. The van der Waals surface area contributed by atoms with E-state index in [1.807, 2.05) is 0 Å². The van der Waals surface area contributed by atoms with Gasteiger partial charge in [0.05, 0.1) is 28.4 Å². The van der Waals surface area contributed by atoms with Gasteiger partial charge in [-0.2, -0.15) is 0 Å². The van der Waals surface area contributed by atoms with E-state index < -0.39 is 5.97 Å². The number of aromatic carboxylic acids is 1. The molecule has 0 saturated heterocycles. The van der Waals surface area contributed by atoms with Crippen molar-refractivity contribution in [2.75, 3.05) is 5.32 Å². The summed E-state index contributed by atoms with van der Waals surface area (Å²) in [5.74, 6) is -0.849. The normalized spacial score (nSPS) is 24.4. The summed E-state index contributed by atoms with van der Waals surface area (Å²) >= 11 is 6.45. The van der Waals surface area contributed by atoms with Crippen LogP contribution in [-0.4, -0.2) is 38.0 Å². The van der Waals surface area contributed by atoms with Crippen molar-refractivity contribution in [2.24, 2.45) is 23.5 Å². The number of carbonyl (C=O) groups excluding carboxylic acids is 1. The minimum Gasteiger partial charge on any atom is -0.478 e. The summed E-state index contributed by atoms with van der Waals surface area (Å²) in [5, 5.41) is 13.1. The molecule has 9 heteroatoms. The molecule has 3 aromatic rings. The number of hydrogen-bond acceptors (Lipinski definition) is 5. The zero-order valence-corrected chi connectivity index (χ0v) is 16.4. The monoisotopic (exact) mass is 423 g/mol. The number of H-pyrrole nitrogens is 1. The van der Waals surface area contributed by atoms with Crippen LogP contribution >= 0.6 is 11.6 Å². The molecule has 1 fully saturated rings. The SMILES string of the molecule is NC(=O)[C@@H]1[C@H](Nc2c(Cl)cnc3nc(-c4cccc(C(=O)O)c4)[nH]c23)[C@H]2C=C[C@@H]1C2. The Bertz CT molecular complexity index is 1220. The lowest BCUT2D eigenvalue weighted by Gasteiger charge is -2.28. The Hall–Kier alpha value is -3.39. The van der Waals surface area contributed by atoms with Gasteiger partial charge in [-0.3, -0.25) is 4.79 Å². The number of aromatic nitrogens is 3. The van der Waals surface area contributed by atoms with Crippen molar-refractivity contribution in [3.05, 3.63) is 53.2 Å². The number of hydrogen-bond donors (Lipinski definition) is 4. The Morgan fingerprint density at radius 3 is 2.83 bits per heavy atom. The zero-order chi connectivity index (χ0) is 21.0. The minimum absolute atomic E-state index is 0.136. The first-order chi connectivity index (χ1) is 14.4. The van der Waals surface area contributed by atoms with Crippen LogP contribution in [0.1, 0.15) is 16.8 Å². The molecule has 4 atom stereocenters. The number of imidazole rings is 1. The van der Waals surface area contributed by atoms with E-state index in [2.05, 4.69) is 32.4 Å². The van der Waals surface area contributed by atoms with Crippen molar-refractivity contribution in [1.82, 2.24) is 15.0 Å². The maximum absolute atomic E-state index is 12.1. The molecule has 30 heavy (non-hydrogen) atoms. The summed E-state index contributed by atoms with van der Waals surface area (Å²) in [4.78, 5) is 35.3. The van der Waals surface area contributed by atoms with Gasteiger partial charge in [-0.25, -0.2) is 14.8 Å². The third-order valence-electron chi connectivity index (χ3n) is 5.96. The first-order valence-electron chi connectivity index (χ1n) is 9.54. The first kappa shape index (κ1) is 18.6. The molecule has 2 aliphatic carbocycles. The van der Waals surface area contributed by atoms with Gasteiger partial charge in [0.1, 0.15) is 11.3 Å². The van der Waals surface area contributed by atoms with Gasteiger partial charge in [0.25, 0.3) is 0 Å². The van der Waals surface area contributed by atoms with Crippen LogP contribution in [0, 0.1) is 17.8 Å². The van der Waals surface area contributed by atoms with Crippen molar-refractivity contribution >= 4 is 40.3 Å². The lowest BCUT2D eigenvalue weighted by Crippen LogP contribution is -2.41. The number of fused-ring (bicyclic) bond motifs is 3. The fourth-order valence-corrected chi connectivity index (χ4v) is 4.78. The number of halogens is 1. The number of nitrogens with two attached hydrogens (primary N) is 1. The molecule has 0 unspecified atom stereocenters. The number of carboxylic acids is 1. The van der Waals surface area contributed by atoms with Gasteiger partial charge in [-0.15, -0.1) is 0 Å². The number of nitrogens with one attached hydrogen (secondary N) is 2. The Morgan fingerprint density at radius 1 is 1.27 bits per heavy atom. The summed E-state index contributed by atoms with van der Waals surface area (Å²) in [5.41, 5.74) is 8.08. The summed E-state index contributed by atoms with van der Waals surface area (Å²) < 4.78 is 0. The molecule has 5 rings (SSSR count). The van der Waals surface area contributed by atoms with Crippen LogP contribution in [0.4, 0.5) is 5.69 Å². The summed E-state index contributed by atoms with van der Waals surface area (Å²) in [6.07, 6.45) is 6.57. The Balaban J connectivity index is 1.56. The Labute approximate surface area is 176 Å². The lowest BCUT2D eigenvalue weighted by molar-refractivity contribution is -0.122. The number of aromatic amines is 1. The number of rotatable bonds is 5. The zero-order valence-electron chi connectivity index (χ0n) is 15.7. The van der Waals surface area contributed by atoms with Gasteiger partial charge < -0.3 is 21.1 Å². The first-order valence-corrected chi connectivity index (χ1v) is 9.92. The van der Waals surface area contributed by atoms with E-state index >= 15 is 0 Å².